The van der Waals surface area contributed by atoms with Crippen LogP contribution in [-0.4, -0.2) is 18.9 Å². The number of ether oxygens (including phenoxy) is 1. The van der Waals surface area contributed by atoms with Crippen molar-refractivity contribution < 1.29 is 25.2 Å². The predicted molar refractivity (Wildman–Crippen MR) is 172 cm³/mol. The first kappa shape index (κ1) is 26.4. The Bertz CT molecular complexity index is 2480. The van der Waals surface area contributed by atoms with Crippen LogP contribution in [0.4, 0.5) is 0 Å². The molecule has 0 spiro atoms. The normalized spacial score (nSPS) is 11.5. The number of imidazole rings is 1. The van der Waals surface area contributed by atoms with Crippen molar-refractivity contribution in [2.24, 2.45) is 0 Å². The molecule has 4 aromatic heterocycles. The quantitative estimate of drug-likeness (QED) is 0.108. The summed E-state index contributed by atoms with van der Waals surface area (Å²) >= 11 is 0. The van der Waals surface area contributed by atoms with Crippen LogP contribution in [0.2, 0.25) is 0 Å². The monoisotopic (exact) mass is 656 g/mol. The van der Waals surface area contributed by atoms with Crippen LogP contribution in [0.5, 0.6) is 11.5 Å². The van der Waals surface area contributed by atoms with E-state index in [-0.39, 0.29) is 20.4 Å². The number of rotatable bonds is 4. The van der Waals surface area contributed by atoms with Gasteiger partial charge in [-0.2, -0.15) is 0 Å². The second kappa shape index (κ2) is 10.5. The van der Waals surface area contributed by atoms with Crippen molar-refractivity contribution in [3.05, 3.63) is 146 Å². The molecule has 0 N–H and O–H groups in total. The molecule has 6 heteroatoms. The topological polar surface area (TPSA) is 44.4 Å². The molecule has 0 unspecified atom stereocenters. The van der Waals surface area contributed by atoms with E-state index in [1.54, 1.807) is 6.20 Å². The zero-order valence-corrected chi connectivity index (χ0v) is 24.8. The number of pyridine rings is 2. The maximum atomic E-state index is 6.29. The van der Waals surface area contributed by atoms with Gasteiger partial charge in [0.25, 0.3) is 0 Å². The summed E-state index contributed by atoms with van der Waals surface area (Å²) in [6.07, 6.45) is 5.67. The molecular weight excluding hydrogens is 635 g/mol. The molecule has 0 aliphatic carbocycles. The van der Waals surface area contributed by atoms with Crippen molar-refractivity contribution in [1.29, 1.82) is 0 Å². The van der Waals surface area contributed by atoms with Crippen molar-refractivity contribution in [3.63, 3.8) is 0 Å². The van der Waals surface area contributed by atoms with Crippen molar-refractivity contribution in [3.8, 4) is 28.4 Å². The maximum absolute atomic E-state index is 6.29. The number of hydrogen-bond donors (Lipinski definition) is 0. The average Bonchev–Trinajstić information content (AvgIpc) is 3.69. The Balaban J connectivity index is 0.00000289. The summed E-state index contributed by atoms with van der Waals surface area (Å²) in [4.78, 5) is 9.25. The number of fused-ring (bicyclic) bond motifs is 10. The van der Waals surface area contributed by atoms with Crippen molar-refractivity contribution in [1.82, 2.24) is 18.9 Å². The molecule has 0 saturated heterocycles. The van der Waals surface area contributed by atoms with Gasteiger partial charge >= 0.3 is 20.4 Å². The van der Waals surface area contributed by atoms with E-state index >= 15 is 0 Å². The SMILES string of the molecule is [Pd+2].[c-]1c(Oc2[c-]c3c(cc2)c2ccc4c(c5ccccc5n4-c4ccccc4)c2n2ccnc32)cccc1-c1ccccn1. The molecule has 44 heavy (non-hydrogen) atoms. The van der Waals surface area contributed by atoms with Gasteiger partial charge in [-0.05, 0) is 41.4 Å². The van der Waals surface area contributed by atoms with Crippen molar-refractivity contribution >= 4 is 49.1 Å². The Labute approximate surface area is 266 Å². The van der Waals surface area contributed by atoms with Crippen LogP contribution in [0, 0.1) is 12.1 Å². The molecule has 0 aliphatic rings. The van der Waals surface area contributed by atoms with Gasteiger partial charge in [-0.15, -0.1) is 29.8 Å². The van der Waals surface area contributed by atoms with Gasteiger partial charge in [-0.25, -0.2) is 0 Å². The van der Waals surface area contributed by atoms with E-state index in [1.807, 2.05) is 54.9 Å². The Kier molecular flexibility index (Phi) is 6.27. The average molecular weight is 657 g/mol. The summed E-state index contributed by atoms with van der Waals surface area (Å²) in [6, 6.07) is 46.2. The first-order valence-electron chi connectivity index (χ1n) is 14.2. The second-order valence-electron chi connectivity index (χ2n) is 10.5. The summed E-state index contributed by atoms with van der Waals surface area (Å²) in [7, 11) is 0. The number of benzene rings is 5. The number of hydrogen-bond acceptors (Lipinski definition) is 3. The van der Waals surface area contributed by atoms with Crippen molar-refractivity contribution in [2.45, 2.75) is 0 Å². The zero-order valence-electron chi connectivity index (χ0n) is 23.2. The van der Waals surface area contributed by atoms with Gasteiger partial charge in [0, 0.05) is 52.1 Å². The van der Waals surface area contributed by atoms with E-state index in [1.165, 1.54) is 16.3 Å². The van der Waals surface area contributed by atoms with Crippen LogP contribution in [0.1, 0.15) is 0 Å². The number of aromatic nitrogens is 4. The van der Waals surface area contributed by atoms with Gasteiger partial charge in [0.1, 0.15) is 0 Å². The fraction of sp³-hybridized carbons (Fsp3) is 0. The molecule has 0 aliphatic heterocycles. The molecule has 9 aromatic rings. The largest absolute Gasteiger partial charge is 2.00 e. The fourth-order valence-electron chi connectivity index (χ4n) is 6.27. The van der Waals surface area contributed by atoms with Gasteiger partial charge < -0.3 is 18.7 Å². The van der Waals surface area contributed by atoms with E-state index in [0.29, 0.717) is 11.5 Å². The van der Waals surface area contributed by atoms with Gasteiger partial charge in [0.15, 0.2) is 0 Å². The summed E-state index contributed by atoms with van der Waals surface area (Å²) in [5.74, 6) is 1.21. The summed E-state index contributed by atoms with van der Waals surface area (Å²) in [6.45, 7) is 0. The molecule has 0 atom stereocenters. The molecule has 4 heterocycles. The molecule has 0 fully saturated rings. The first-order chi connectivity index (χ1) is 21.3. The van der Waals surface area contributed by atoms with Crippen LogP contribution in [0.25, 0.3) is 66.1 Å². The van der Waals surface area contributed by atoms with E-state index in [9.17, 15) is 0 Å². The van der Waals surface area contributed by atoms with Gasteiger partial charge in [-0.1, -0.05) is 83.6 Å². The molecule has 5 aromatic carbocycles. The number of nitrogens with zero attached hydrogens (tertiary/aromatic N) is 4. The molecule has 210 valence electrons. The third-order valence-corrected chi connectivity index (χ3v) is 8.07. The minimum Gasteiger partial charge on any atom is -0.497 e. The van der Waals surface area contributed by atoms with Gasteiger partial charge in [0.05, 0.1) is 16.7 Å². The fourth-order valence-corrected chi connectivity index (χ4v) is 6.27. The van der Waals surface area contributed by atoms with Gasteiger partial charge in [-0.3, -0.25) is 4.98 Å². The Morgan fingerprint density at radius 3 is 2.30 bits per heavy atom. The molecule has 0 radical (unpaired) electrons. The van der Waals surface area contributed by atoms with Crippen molar-refractivity contribution in [2.75, 3.05) is 0 Å². The summed E-state index contributed by atoms with van der Waals surface area (Å²) < 4.78 is 10.8. The molecule has 5 nitrogen and oxygen atoms in total. The second-order valence-corrected chi connectivity index (χ2v) is 10.5. The van der Waals surface area contributed by atoms with E-state index < -0.39 is 0 Å². The van der Waals surface area contributed by atoms with Crippen LogP contribution in [-0.2, 0) is 20.4 Å². The van der Waals surface area contributed by atoms with Crippen LogP contribution in [0.3, 0.4) is 0 Å². The first-order valence-corrected chi connectivity index (χ1v) is 14.2. The minimum absolute atomic E-state index is 0. The summed E-state index contributed by atoms with van der Waals surface area (Å²) in [5, 5.41) is 5.51. The zero-order chi connectivity index (χ0) is 28.3. The third-order valence-electron chi connectivity index (χ3n) is 8.07. The van der Waals surface area contributed by atoms with Crippen LogP contribution < -0.4 is 4.74 Å². The Hall–Kier alpha value is -5.28. The minimum atomic E-state index is 0. The number of para-hydroxylation sites is 2. The van der Waals surface area contributed by atoms with Crippen LogP contribution in [0.15, 0.2) is 134 Å². The molecular formula is C38H22N4OPd. The molecule has 0 amide bonds. The Morgan fingerprint density at radius 2 is 1.41 bits per heavy atom. The Morgan fingerprint density at radius 1 is 0.591 bits per heavy atom. The van der Waals surface area contributed by atoms with E-state index in [4.69, 9.17) is 9.72 Å². The molecule has 0 bridgehead atoms. The van der Waals surface area contributed by atoms with Crippen LogP contribution >= 0.6 is 0 Å². The maximum Gasteiger partial charge on any atom is 2.00 e. The van der Waals surface area contributed by atoms with E-state index in [0.717, 1.165) is 49.8 Å². The molecule has 9 rings (SSSR count). The van der Waals surface area contributed by atoms with Gasteiger partial charge in [0.2, 0.25) is 0 Å². The smallest absolute Gasteiger partial charge is 0.497 e. The standard InChI is InChI=1S/C38H22N4O.Pd/c1-2-10-26(11-3-1)42-34-15-5-4-13-31(34)36-35(42)19-18-30-29-17-16-28(24-32(29)38-40-21-22-41(38)37(30)36)43-27-12-8-9-25(23-27)33-14-6-7-20-39-33;/h1-22H;/q-2;+2. The predicted octanol–water partition coefficient (Wildman–Crippen LogP) is 9.19. The molecule has 0 saturated carbocycles. The summed E-state index contributed by atoms with van der Waals surface area (Å²) in [5.41, 5.74) is 7.14. The van der Waals surface area contributed by atoms with E-state index in [2.05, 4.69) is 98.9 Å². The third kappa shape index (κ3) is 4.04.